The second-order valence-corrected chi connectivity index (χ2v) is 7.99. The molecule has 3 rings (SSSR count). The molecule has 1 unspecified atom stereocenters. The number of aliphatic carboxylic acids is 1. The molecule has 0 bridgehead atoms. The van der Waals surface area contributed by atoms with E-state index in [1.54, 1.807) is 32.9 Å². The number of hydrogen-bond acceptors (Lipinski definition) is 5. The average Bonchev–Trinajstić information content (AvgIpc) is 3.08. The van der Waals surface area contributed by atoms with Crippen molar-refractivity contribution in [2.24, 2.45) is 0 Å². The molecular weight excluding hydrogens is 362 g/mol. The van der Waals surface area contributed by atoms with Crippen LogP contribution in [0.25, 0.3) is 11.3 Å². The van der Waals surface area contributed by atoms with Crippen molar-refractivity contribution in [3.05, 3.63) is 47.2 Å². The van der Waals surface area contributed by atoms with E-state index in [9.17, 15) is 19.5 Å². The third-order valence-electron chi connectivity index (χ3n) is 4.70. The molecule has 1 atom stereocenters. The Hall–Kier alpha value is -3.09. The molecule has 0 saturated carbocycles. The van der Waals surface area contributed by atoms with Crippen LogP contribution in [-0.2, 0) is 22.4 Å². The molecule has 0 spiro atoms. The molecule has 1 aliphatic carbocycles. The van der Waals surface area contributed by atoms with Gasteiger partial charge in [-0.1, -0.05) is 12.1 Å². The predicted molar refractivity (Wildman–Crippen MR) is 101 cm³/mol. The van der Waals surface area contributed by atoms with Crippen LogP contribution < -0.4 is 5.32 Å². The van der Waals surface area contributed by atoms with Crippen molar-refractivity contribution in [1.82, 2.24) is 5.32 Å². The van der Waals surface area contributed by atoms with Gasteiger partial charge >= 0.3 is 12.1 Å². The summed E-state index contributed by atoms with van der Waals surface area (Å²) >= 11 is 0. The van der Waals surface area contributed by atoms with Crippen LogP contribution >= 0.6 is 0 Å². The molecule has 7 nitrogen and oxygen atoms in total. The van der Waals surface area contributed by atoms with Gasteiger partial charge in [-0.05, 0) is 62.9 Å². The summed E-state index contributed by atoms with van der Waals surface area (Å²) in [6, 6.07) is 8.91. The summed E-state index contributed by atoms with van der Waals surface area (Å²) in [6.45, 7) is 5.17. The highest BCUT2D eigenvalue weighted by Crippen LogP contribution is 2.33. The van der Waals surface area contributed by atoms with Gasteiger partial charge in [0.25, 0.3) is 0 Å². The summed E-state index contributed by atoms with van der Waals surface area (Å²) in [7, 11) is 0. The van der Waals surface area contributed by atoms with Crippen molar-refractivity contribution in [2.75, 3.05) is 0 Å². The summed E-state index contributed by atoms with van der Waals surface area (Å²) in [5.74, 6) is -0.263. The molecule has 2 aromatic rings. The van der Waals surface area contributed by atoms with Gasteiger partial charge in [0.05, 0.1) is 0 Å². The number of aldehydes is 1. The molecule has 0 fully saturated rings. The lowest BCUT2D eigenvalue weighted by molar-refractivity contribution is -0.145. The van der Waals surface area contributed by atoms with Crippen LogP contribution in [0.1, 0.15) is 48.9 Å². The summed E-state index contributed by atoms with van der Waals surface area (Å²) in [6.07, 6.45) is 0.787. The van der Waals surface area contributed by atoms with Crippen LogP contribution in [0.2, 0.25) is 0 Å². The Morgan fingerprint density at radius 1 is 1.21 bits per heavy atom. The molecule has 2 N–H and O–H groups in total. The highest BCUT2D eigenvalue weighted by Gasteiger charge is 2.43. The van der Waals surface area contributed by atoms with E-state index in [2.05, 4.69) is 5.32 Å². The van der Waals surface area contributed by atoms with Gasteiger partial charge in [-0.25, -0.2) is 9.59 Å². The molecular formula is C21H23NO6. The van der Waals surface area contributed by atoms with E-state index in [-0.39, 0.29) is 18.6 Å². The lowest BCUT2D eigenvalue weighted by atomic mass is 9.77. The van der Waals surface area contributed by atoms with Crippen molar-refractivity contribution >= 4 is 18.3 Å². The maximum Gasteiger partial charge on any atom is 0.408 e. The maximum absolute atomic E-state index is 12.2. The maximum atomic E-state index is 12.2. The van der Waals surface area contributed by atoms with Crippen molar-refractivity contribution in [3.8, 4) is 11.3 Å². The van der Waals surface area contributed by atoms with Gasteiger partial charge in [0, 0.05) is 12.0 Å². The minimum atomic E-state index is -1.41. The van der Waals surface area contributed by atoms with E-state index in [1.807, 2.05) is 18.2 Å². The Morgan fingerprint density at radius 2 is 1.96 bits per heavy atom. The number of carboxylic acid groups (broad SMARTS) is 1. The summed E-state index contributed by atoms with van der Waals surface area (Å²) in [5, 5.41) is 12.4. The number of carbonyl (C=O) groups is 3. The van der Waals surface area contributed by atoms with Gasteiger partial charge in [-0.2, -0.15) is 0 Å². The number of furan rings is 1. The van der Waals surface area contributed by atoms with E-state index in [4.69, 9.17) is 9.15 Å². The van der Waals surface area contributed by atoms with Crippen molar-refractivity contribution in [3.63, 3.8) is 0 Å². The molecule has 148 valence electrons. The summed E-state index contributed by atoms with van der Waals surface area (Å²) < 4.78 is 10.7. The average molecular weight is 385 g/mol. The highest BCUT2D eigenvalue weighted by atomic mass is 16.6. The summed E-state index contributed by atoms with van der Waals surface area (Å²) in [5.41, 5.74) is 0.524. The first-order valence-corrected chi connectivity index (χ1v) is 9.04. The van der Waals surface area contributed by atoms with E-state index < -0.39 is 23.2 Å². The van der Waals surface area contributed by atoms with Crippen LogP contribution in [0.5, 0.6) is 0 Å². The number of fused-ring (bicyclic) bond motifs is 1. The Balaban J connectivity index is 1.84. The SMILES string of the molecule is CC(C)(C)OC(=O)NC1(C(=O)O)CCc2cc(-c3ccc(C=O)o3)ccc2C1. The molecule has 0 aliphatic heterocycles. The lowest BCUT2D eigenvalue weighted by Gasteiger charge is -2.35. The second-order valence-electron chi connectivity index (χ2n) is 7.99. The molecule has 0 saturated heterocycles. The number of nitrogens with one attached hydrogen (secondary N) is 1. The molecule has 1 aromatic heterocycles. The first kappa shape index (κ1) is 19.7. The van der Waals surface area contributed by atoms with Crippen LogP contribution in [0, 0.1) is 0 Å². The first-order chi connectivity index (χ1) is 13.1. The molecule has 28 heavy (non-hydrogen) atoms. The van der Waals surface area contributed by atoms with Gasteiger partial charge in [0.15, 0.2) is 12.0 Å². The van der Waals surface area contributed by atoms with E-state index in [0.717, 1.165) is 16.7 Å². The normalized spacial score (nSPS) is 18.8. The largest absolute Gasteiger partial charge is 0.479 e. The Kier molecular flexibility index (Phi) is 5.02. The number of carboxylic acids is 1. The van der Waals surface area contributed by atoms with Crippen molar-refractivity contribution < 1.29 is 28.6 Å². The topological polar surface area (TPSA) is 106 Å². The predicted octanol–water partition coefficient (Wildman–Crippen LogP) is 3.60. The molecule has 1 aliphatic rings. The Labute approximate surface area is 162 Å². The fourth-order valence-electron chi connectivity index (χ4n) is 3.36. The first-order valence-electron chi connectivity index (χ1n) is 9.04. The fourth-order valence-corrected chi connectivity index (χ4v) is 3.36. The zero-order valence-electron chi connectivity index (χ0n) is 16.1. The van der Waals surface area contributed by atoms with Crippen LogP contribution in [-0.4, -0.2) is 34.6 Å². The molecule has 0 radical (unpaired) electrons. The monoisotopic (exact) mass is 385 g/mol. The number of aryl methyl sites for hydroxylation is 1. The number of amides is 1. The molecule has 7 heteroatoms. The zero-order chi connectivity index (χ0) is 20.5. The van der Waals surface area contributed by atoms with Gasteiger partial charge < -0.3 is 19.6 Å². The molecule has 1 amide bonds. The second kappa shape index (κ2) is 7.14. The van der Waals surface area contributed by atoms with E-state index >= 15 is 0 Å². The third kappa shape index (κ3) is 4.08. The Bertz CT molecular complexity index is 923. The van der Waals surface area contributed by atoms with Crippen LogP contribution in [0.15, 0.2) is 34.7 Å². The quantitative estimate of drug-likeness (QED) is 0.779. The standard InChI is InChI=1S/C21H23NO6/c1-20(2,3)28-19(26)22-21(18(24)25)9-8-13-10-14(4-5-15(13)11-21)17-7-6-16(12-23)27-17/h4-7,10,12H,8-9,11H2,1-3H3,(H,22,26)(H,24,25). The smallest absolute Gasteiger partial charge is 0.408 e. The van der Waals surface area contributed by atoms with Gasteiger partial charge in [0.1, 0.15) is 16.9 Å². The van der Waals surface area contributed by atoms with Crippen molar-refractivity contribution in [2.45, 2.75) is 51.2 Å². The number of carbonyl (C=O) groups excluding carboxylic acids is 2. The lowest BCUT2D eigenvalue weighted by Crippen LogP contribution is -2.58. The Morgan fingerprint density at radius 3 is 2.57 bits per heavy atom. The third-order valence-corrected chi connectivity index (χ3v) is 4.70. The summed E-state index contributed by atoms with van der Waals surface area (Å²) in [4.78, 5) is 35.0. The minimum absolute atomic E-state index is 0.162. The van der Waals surface area contributed by atoms with Crippen molar-refractivity contribution in [1.29, 1.82) is 0 Å². The number of alkyl carbamates (subject to hydrolysis) is 1. The van der Waals surface area contributed by atoms with Gasteiger partial charge in [-0.3, -0.25) is 4.79 Å². The van der Waals surface area contributed by atoms with E-state index in [0.29, 0.717) is 18.5 Å². The molecule has 1 heterocycles. The molecule has 1 aromatic carbocycles. The number of hydrogen-bond donors (Lipinski definition) is 2. The minimum Gasteiger partial charge on any atom is -0.479 e. The van der Waals surface area contributed by atoms with Crippen LogP contribution in [0.4, 0.5) is 4.79 Å². The van der Waals surface area contributed by atoms with Gasteiger partial charge in [-0.15, -0.1) is 0 Å². The number of rotatable bonds is 4. The van der Waals surface area contributed by atoms with E-state index in [1.165, 1.54) is 0 Å². The zero-order valence-corrected chi connectivity index (χ0v) is 16.1. The number of benzene rings is 1. The highest BCUT2D eigenvalue weighted by molar-refractivity contribution is 5.85. The van der Waals surface area contributed by atoms with Gasteiger partial charge in [0.2, 0.25) is 0 Å². The number of ether oxygens (including phenoxy) is 1. The fraction of sp³-hybridized carbons (Fsp3) is 0.381. The van der Waals surface area contributed by atoms with Crippen LogP contribution in [0.3, 0.4) is 0 Å².